The molecule has 0 radical (unpaired) electrons. The summed E-state index contributed by atoms with van der Waals surface area (Å²) in [6.07, 6.45) is 3.55. The van der Waals surface area contributed by atoms with Crippen LogP contribution in [-0.4, -0.2) is 22.1 Å². The molecule has 2 aromatic rings. The molecule has 1 fully saturated rings. The first-order chi connectivity index (χ1) is 10.1. The third kappa shape index (κ3) is 3.16. The maximum absolute atomic E-state index is 12.2. The molecule has 1 aromatic carbocycles. The molecule has 21 heavy (non-hydrogen) atoms. The van der Waals surface area contributed by atoms with Crippen molar-refractivity contribution in [3.8, 4) is 0 Å². The van der Waals surface area contributed by atoms with E-state index in [2.05, 4.69) is 5.32 Å². The first kappa shape index (κ1) is 13.9. The normalized spacial score (nSPS) is 15.7. The van der Waals surface area contributed by atoms with Gasteiger partial charge in [0.05, 0.1) is 6.10 Å². The minimum Gasteiger partial charge on any atom is -0.387 e. The van der Waals surface area contributed by atoms with Gasteiger partial charge in [0, 0.05) is 18.8 Å². The number of benzene rings is 1. The molecule has 4 heteroatoms. The van der Waals surface area contributed by atoms with Crippen molar-refractivity contribution < 1.29 is 9.90 Å². The average molecular weight is 284 g/mol. The Hall–Kier alpha value is -2.07. The fourth-order valence-corrected chi connectivity index (χ4v) is 2.44. The van der Waals surface area contributed by atoms with Crippen LogP contribution in [0.5, 0.6) is 0 Å². The molecule has 1 atom stereocenters. The summed E-state index contributed by atoms with van der Waals surface area (Å²) in [5.74, 6) is -0.127. The summed E-state index contributed by atoms with van der Waals surface area (Å²) in [6, 6.07) is 11.9. The van der Waals surface area contributed by atoms with Gasteiger partial charge in [0.2, 0.25) is 0 Å². The Kier molecular flexibility index (Phi) is 3.80. The molecule has 1 amide bonds. The number of hydrogen-bond acceptors (Lipinski definition) is 2. The summed E-state index contributed by atoms with van der Waals surface area (Å²) in [7, 11) is 0. The molecule has 4 nitrogen and oxygen atoms in total. The third-order valence-corrected chi connectivity index (χ3v) is 3.87. The van der Waals surface area contributed by atoms with Crippen molar-refractivity contribution in [1.29, 1.82) is 0 Å². The maximum atomic E-state index is 12.2. The minimum atomic E-state index is -0.682. The van der Waals surface area contributed by atoms with Gasteiger partial charge >= 0.3 is 0 Å². The second-order valence-electron chi connectivity index (χ2n) is 5.67. The van der Waals surface area contributed by atoms with Crippen LogP contribution in [0.2, 0.25) is 0 Å². The summed E-state index contributed by atoms with van der Waals surface area (Å²) >= 11 is 0. The van der Waals surface area contributed by atoms with E-state index < -0.39 is 6.10 Å². The van der Waals surface area contributed by atoms with Crippen molar-refractivity contribution in [2.24, 2.45) is 0 Å². The topological polar surface area (TPSA) is 54.3 Å². The summed E-state index contributed by atoms with van der Waals surface area (Å²) in [6.45, 7) is 2.22. The Bertz CT molecular complexity index is 626. The fraction of sp³-hybridized carbons (Fsp3) is 0.353. The highest BCUT2D eigenvalue weighted by atomic mass is 16.3. The van der Waals surface area contributed by atoms with Crippen LogP contribution in [-0.2, 0) is 0 Å². The first-order valence-electron chi connectivity index (χ1n) is 7.35. The summed E-state index contributed by atoms with van der Waals surface area (Å²) in [5, 5.41) is 12.9. The molecule has 1 heterocycles. The molecule has 0 bridgehead atoms. The number of nitrogens with zero attached hydrogens (tertiary/aromatic N) is 1. The lowest BCUT2D eigenvalue weighted by atomic mass is 10.1. The van der Waals surface area contributed by atoms with E-state index in [-0.39, 0.29) is 12.5 Å². The second-order valence-corrected chi connectivity index (χ2v) is 5.67. The Labute approximate surface area is 124 Å². The van der Waals surface area contributed by atoms with Gasteiger partial charge in [-0.1, -0.05) is 29.8 Å². The van der Waals surface area contributed by atoms with Crippen LogP contribution < -0.4 is 5.32 Å². The van der Waals surface area contributed by atoms with Gasteiger partial charge in [-0.25, -0.2) is 0 Å². The van der Waals surface area contributed by atoms with Crippen molar-refractivity contribution in [2.75, 3.05) is 6.54 Å². The zero-order chi connectivity index (χ0) is 14.8. The lowest BCUT2D eigenvalue weighted by Gasteiger charge is -2.13. The van der Waals surface area contributed by atoms with Crippen LogP contribution in [0.25, 0.3) is 0 Å². The van der Waals surface area contributed by atoms with Crippen LogP contribution in [0.3, 0.4) is 0 Å². The number of aliphatic hydroxyl groups excluding tert-OH is 1. The highest BCUT2D eigenvalue weighted by Crippen LogP contribution is 2.35. The van der Waals surface area contributed by atoms with Crippen LogP contribution in [0, 0.1) is 6.92 Å². The highest BCUT2D eigenvalue weighted by Gasteiger charge is 2.26. The van der Waals surface area contributed by atoms with Crippen molar-refractivity contribution in [1.82, 2.24) is 9.88 Å². The monoisotopic (exact) mass is 284 g/mol. The number of aryl methyl sites for hydroxylation is 1. The number of aromatic nitrogens is 1. The predicted molar refractivity (Wildman–Crippen MR) is 81.2 cm³/mol. The molecule has 1 aliphatic rings. The van der Waals surface area contributed by atoms with E-state index in [0.29, 0.717) is 11.7 Å². The van der Waals surface area contributed by atoms with E-state index in [1.54, 1.807) is 0 Å². The molecular formula is C17H20N2O2. The maximum Gasteiger partial charge on any atom is 0.268 e. The smallest absolute Gasteiger partial charge is 0.268 e. The first-order valence-corrected chi connectivity index (χ1v) is 7.35. The van der Waals surface area contributed by atoms with Crippen LogP contribution in [0.15, 0.2) is 42.6 Å². The van der Waals surface area contributed by atoms with Crippen molar-refractivity contribution >= 4 is 5.91 Å². The Morgan fingerprint density at radius 3 is 2.71 bits per heavy atom. The van der Waals surface area contributed by atoms with Gasteiger partial charge in [0.1, 0.15) is 5.69 Å². The fourth-order valence-electron chi connectivity index (χ4n) is 2.44. The van der Waals surface area contributed by atoms with E-state index in [9.17, 15) is 9.90 Å². The van der Waals surface area contributed by atoms with Gasteiger partial charge in [-0.2, -0.15) is 0 Å². The molecule has 1 aromatic heterocycles. The average Bonchev–Trinajstić information content (AvgIpc) is 3.22. The number of rotatable bonds is 5. The zero-order valence-electron chi connectivity index (χ0n) is 12.1. The molecule has 1 saturated carbocycles. The van der Waals surface area contributed by atoms with Gasteiger partial charge in [0.15, 0.2) is 0 Å². The highest BCUT2D eigenvalue weighted by molar-refractivity contribution is 5.92. The quantitative estimate of drug-likeness (QED) is 0.886. The molecule has 2 N–H and O–H groups in total. The van der Waals surface area contributed by atoms with Crippen LogP contribution >= 0.6 is 0 Å². The lowest BCUT2D eigenvalue weighted by Crippen LogP contribution is -2.29. The van der Waals surface area contributed by atoms with E-state index in [1.165, 1.54) is 0 Å². The predicted octanol–water partition coefficient (Wildman–Crippen LogP) is 2.59. The van der Waals surface area contributed by atoms with Crippen molar-refractivity contribution in [3.63, 3.8) is 0 Å². The second kappa shape index (κ2) is 5.74. The number of amides is 1. The van der Waals surface area contributed by atoms with Gasteiger partial charge in [-0.15, -0.1) is 0 Å². The van der Waals surface area contributed by atoms with E-state index in [0.717, 1.165) is 24.0 Å². The van der Waals surface area contributed by atoms with Crippen LogP contribution in [0.4, 0.5) is 0 Å². The van der Waals surface area contributed by atoms with E-state index >= 15 is 0 Å². The molecular weight excluding hydrogens is 264 g/mol. The molecule has 1 unspecified atom stereocenters. The van der Waals surface area contributed by atoms with Crippen LogP contribution in [0.1, 0.15) is 46.6 Å². The molecule has 0 saturated heterocycles. The summed E-state index contributed by atoms with van der Waals surface area (Å²) < 4.78 is 2.02. The summed E-state index contributed by atoms with van der Waals surface area (Å²) in [4.78, 5) is 12.2. The Morgan fingerprint density at radius 2 is 2.05 bits per heavy atom. The van der Waals surface area contributed by atoms with Gasteiger partial charge in [-0.3, -0.25) is 4.79 Å². The van der Waals surface area contributed by atoms with Crippen molar-refractivity contribution in [2.45, 2.75) is 31.9 Å². The van der Waals surface area contributed by atoms with Gasteiger partial charge in [0.25, 0.3) is 5.91 Å². The molecule has 1 aliphatic carbocycles. The van der Waals surface area contributed by atoms with Crippen molar-refractivity contribution in [3.05, 3.63) is 59.4 Å². The SMILES string of the molecule is Cc1ccc(C(O)CNC(=O)c2cccn2C2CC2)cc1. The molecule has 0 aliphatic heterocycles. The zero-order valence-corrected chi connectivity index (χ0v) is 12.1. The van der Waals surface area contributed by atoms with Gasteiger partial charge < -0.3 is 15.0 Å². The Morgan fingerprint density at radius 1 is 1.33 bits per heavy atom. The Balaban J connectivity index is 1.60. The minimum absolute atomic E-state index is 0.127. The van der Waals surface area contributed by atoms with E-state index in [1.807, 2.05) is 54.1 Å². The standard InChI is InChI=1S/C17H20N2O2/c1-12-4-6-13(7-5-12)16(20)11-18-17(21)15-3-2-10-19(15)14-8-9-14/h2-7,10,14,16,20H,8-9,11H2,1H3,(H,18,21). The summed E-state index contributed by atoms with van der Waals surface area (Å²) in [5.41, 5.74) is 2.64. The number of nitrogens with one attached hydrogen (secondary N) is 1. The third-order valence-electron chi connectivity index (χ3n) is 3.87. The molecule has 0 spiro atoms. The van der Waals surface area contributed by atoms with Gasteiger partial charge in [-0.05, 0) is 37.5 Å². The molecule has 3 rings (SSSR count). The molecule has 110 valence electrons. The number of carbonyl (C=O) groups is 1. The number of aliphatic hydroxyl groups is 1. The van der Waals surface area contributed by atoms with E-state index in [4.69, 9.17) is 0 Å². The number of hydrogen-bond donors (Lipinski definition) is 2. The largest absolute Gasteiger partial charge is 0.387 e. The number of carbonyl (C=O) groups excluding carboxylic acids is 1. The lowest BCUT2D eigenvalue weighted by molar-refractivity contribution is 0.0907.